The third-order valence-electron chi connectivity index (χ3n) is 5.77. The molecule has 1 fully saturated rings. The molecule has 0 aromatic heterocycles. The fraction of sp³-hybridized carbons (Fsp3) is 0.280. The number of nitrogens with zero attached hydrogens (tertiary/aromatic N) is 1. The van der Waals surface area contributed by atoms with Crippen LogP contribution in [0.5, 0.6) is 5.75 Å². The van der Waals surface area contributed by atoms with Crippen LogP contribution in [0.1, 0.15) is 28.8 Å². The summed E-state index contributed by atoms with van der Waals surface area (Å²) in [6.45, 7) is 1.49. The molecule has 160 valence electrons. The fourth-order valence-electron chi connectivity index (χ4n) is 4.16. The van der Waals surface area contributed by atoms with Crippen LogP contribution in [0, 0.1) is 5.92 Å². The van der Waals surface area contributed by atoms with Crippen LogP contribution in [-0.4, -0.2) is 36.9 Å². The predicted molar refractivity (Wildman–Crippen MR) is 122 cm³/mol. The molecular formula is C25H25ClN2O3. The molecule has 0 radical (unpaired) electrons. The highest BCUT2D eigenvalue weighted by atomic mass is 35.5. The number of hydrogen-bond donors (Lipinski definition) is 1. The molecule has 1 unspecified atom stereocenters. The number of methoxy groups -OCH3 is 1. The van der Waals surface area contributed by atoms with Gasteiger partial charge < -0.3 is 15.0 Å². The first kappa shape index (κ1) is 21.2. The zero-order valence-corrected chi connectivity index (χ0v) is 18.2. The highest BCUT2D eigenvalue weighted by Crippen LogP contribution is 2.30. The van der Waals surface area contributed by atoms with Crippen LogP contribution in [0.4, 0.5) is 0 Å². The average Bonchev–Trinajstić information content (AvgIpc) is 2.81. The molecule has 1 heterocycles. The summed E-state index contributed by atoms with van der Waals surface area (Å²) in [4.78, 5) is 27.9. The SMILES string of the molecule is COc1ccc(C(=O)N2CCCC(C(=O)NCc3cccc(Cl)c3)C2)c2ccccc12. The van der Waals surface area contributed by atoms with Crippen molar-refractivity contribution in [2.75, 3.05) is 20.2 Å². The van der Waals surface area contributed by atoms with Crippen molar-refractivity contribution in [3.63, 3.8) is 0 Å². The largest absolute Gasteiger partial charge is 0.496 e. The second kappa shape index (κ2) is 9.40. The molecule has 1 aliphatic rings. The lowest BCUT2D eigenvalue weighted by atomic mass is 9.95. The van der Waals surface area contributed by atoms with E-state index < -0.39 is 0 Å². The van der Waals surface area contributed by atoms with Gasteiger partial charge in [-0.2, -0.15) is 0 Å². The van der Waals surface area contributed by atoms with Crippen molar-refractivity contribution in [3.05, 3.63) is 76.8 Å². The molecule has 3 aromatic rings. The summed E-state index contributed by atoms with van der Waals surface area (Å²) in [6.07, 6.45) is 1.57. The maximum atomic E-state index is 13.3. The standard InChI is InChI=1S/C25H25ClN2O3/c1-31-23-12-11-22(20-9-2-3-10-21(20)23)25(30)28-13-5-7-18(16-28)24(29)27-15-17-6-4-8-19(26)14-17/h2-4,6,8-12,14,18H,5,7,13,15-16H2,1H3,(H,27,29). The van der Waals surface area contributed by atoms with Crippen molar-refractivity contribution in [2.24, 2.45) is 5.92 Å². The Kier molecular flexibility index (Phi) is 6.42. The van der Waals surface area contributed by atoms with Gasteiger partial charge in [0.1, 0.15) is 5.75 Å². The van der Waals surface area contributed by atoms with Gasteiger partial charge >= 0.3 is 0 Å². The van der Waals surface area contributed by atoms with Crippen molar-refractivity contribution in [3.8, 4) is 5.75 Å². The summed E-state index contributed by atoms with van der Waals surface area (Å²) in [5.74, 6) is 0.439. The van der Waals surface area contributed by atoms with E-state index in [9.17, 15) is 9.59 Å². The Morgan fingerprint density at radius 2 is 1.90 bits per heavy atom. The van der Waals surface area contributed by atoms with Gasteiger partial charge in [0.15, 0.2) is 0 Å². The van der Waals surface area contributed by atoms with Crippen molar-refractivity contribution in [1.29, 1.82) is 0 Å². The number of likely N-dealkylation sites (tertiary alicyclic amines) is 1. The quantitative estimate of drug-likeness (QED) is 0.632. The number of hydrogen-bond acceptors (Lipinski definition) is 3. The number of nitrogens with one attached hydrogen (secondary N) is 1. The fourth-order valence-corrected chi connectivity index (χ4v) is 4.38. The third kappa shape index (κ3) is 4.67. The van der Waals surface area contributed by atoms with Crippen molar-refractivity contribution >= 4 is 34.2 Å². The molecular weight excluding hydrogens is 412 g/mol. The summed E-state index contributed by atoms with van der Waals surface area (Å²) in [6, 6.07) is 18.8. The Bertz CT molecular complexity index is 1110. The van der Waals surface area contributed by atoms with E-state index in [0.29, 0.717) is 30.2 Å². The second-order valence-corrected chi connectivity index (χ2v) is 8.24. The number of fused-ring (bicyclic) bond motifs is 1. The molecule has 0 spiro atoms. The Hall–Kier alpha value is -3.05. The molecule has 0 aliphatic carbocycles. The lowest BCUT2D eigenvalue weighted by Gasteiger charge is -2.32. The molecule has 6 heteroatoms. The van der Waals surface area contributed by atoms with Gasteiger partial charge in [0.05, 0.1) is 13.0 Å². The van der Waals surface area contributed by atoms with E-state index in [1.165, 1.54) is 0 Å². The zero-order valence-electron chi connectivity index (χ0n) is 17.4. The number of amides is 2. The first-order valence-electron chi connectivity index (χ1n) is 10.4. The molecule has 4 rings (SSSR count). The molecule has 0 saturated carbocycles. The average molecular weight is 437 g/mol. The normalized spacial score (nSPS) is 16.2. The monoisotopic (exact) mass is 436 g/mol. The maximum absolute atomic E-state index is 13.3. The first-order chi connectivity index (χ1) is 15.1. The molecule has 1 atom stereocenters. The molecule has 31 heavy (non-hydrogen) atoms. The van der Waals surface area contributed by atoms with Gasteiger partial charge in [-0.1, -0.05) is 48.0 Å². The molecule has 5 nitrogen and oxygen atoms in total. The maximum Gasteiger partial charge on any atom is 0.254 e. The van der Waals surface area contributed by atoms with E-state index in [1.807, 2.05) is 54.6 Å². The van der Waals surface area contributed by atoms with E-state index in [-0.39, 0.29) is 17.7 Å². The van der Waals surface area contributed by atoms with Gasteiger partial charge in [0.25, 0.3) is 5.91 Å². The van der Waals surface area contributed by atoms with Crippen molar-refractivity contribution in [2.45, 2.75) is 19.4 Å². The number of rotatable bonds is 5. The van der Waals surface area contributed by atoms with E-state index >= 15 is 0 Å². The summed E-state index contributed by atoms with van der Waals surface area (Å²) in [5.41, 5.74) is 1.59. The van der Waals surface area contributed by atoms with Gasteiger partial charge in [-0.15, -0.1) is 0 Å². The Morgan fingerprint density at radius 3 is 2.68 bits per heavy atom. The highest BCUT2D eigenvalue weighted by molar-refractivity contribution is 6.30. The second-order valence-electron chi connectivity index (χ2n) is 7.80. The minimum absolute atomic E-state index is 0.0305. The Balaban J connectivity index is 1.46. The lowest BCUT2D eigenvalue weighted by molar-refractivity contribution is -0.126. The number of benzene rings is 3. The zero-order chi connectivity index (χ0) is 21.8. The molecule has 3 aromatic carbocycles. The minimum Gasteiger partial charge on any atom is -0.496 e. The minimum atomic E-state index is -0.221. The Labute approximate surface area is 186 Å². The Morgan fingerprint density at radius 1 is 1.10 bits per heavy atom. The van der Waals surface area contributed by atoms with Gasteiger partial charge in [0, 0.05) is 35.6 Å². The molecule has 1 saturated heterocycles. The number of halogens is 1. The topological polar surface area (TPSA) is 58.6 Å². The van der Waals surface area contributed by atoms with E-state index in [0.717, 1.165) is 34.9 Å². The van der Waals surface area contributed by atoms with E-state index in [2.05, 4.69) is 5.32 Å². The third-order valence-corrected chi connectivity index (χ3v) is 6.00. The summed E-state index contributed by atoms with van der Waals surface area (Å²) in [7, 11) is 1.63. The molecule has 1 aliphatic heterocycles. The summed E-state index contributed by atoms with van der Waals surface area (Å²) in [5, 5.41) is 5.40. The van der Waals surface area contributed by atoms with Crippen LogP contribution in [0.25, 0.3) is 10.8 Å². The van der Waals surface area contributed by atoms with Gasteiger partial charge in [-0.05, 0) is 48.1 Å². The number of piperidine rings is 1. The van der Waals surface area contributed by atoms with Gasteiger partial charge in [-0.25, -0.2) is 0 Å². The van der Waals surface area contributed by atoms with Crippen molar-refractivity contribution in [1.82, 2.24) is 10.2 Å². The summed E-state index contributed by atoms with van der Waals surface area (Å²) < 4.78 is 5.44. The van der Waals surface area contributed by atoms with Crippen LogP contribution in [-0.2, 0) is 11.3 Å². The van der Waals surface area contributed by atoms with Crippen molar-refractivity contribution < 1.29 is 14.3 Å². The molecule has 1 N–H and O–H groups in total. The van der Waals surface area contributed by atoms with Crippen LogP contribution >= 0.6 is 11.6 Å². The highest BCUT2D eigenvalue weighted by Gasteiger charge is 2.29. The first-order valence-corrected chi connectivity index (χ1v) is 10.8. The number of carbonyl (C=O) groups excluding carboxylic acids is 2. The van der Waals surface area contributed by atoms with E-state index in [1.54, 1.807) is 18.1 Å². The van der Waals surface area contributed by atoms with Gasteiger partial charge in [0.2, 0.25) is 5.91 Å². The van der Waals surface area contributed by atoms with Crippen LogP contribution in [0.2, 0.25) is 5.02 Å². The number of ether oxygens (including phenoxy) is 1. The molecule has 0 bridgehead atoms. The summed E-state index contributed by atoms with van der Waals surface area (Å²) >= 11 is 6.02. The lowest BCUT2D eigenvalue weighted by Crippen LogP contribution is -2.45. The predicted octanol–water partition coefficient (Wildman–Crippen LogP) is 4.67. The van der Waals surface area contributed by atoms with Crippen LogP contribution in [0.15, 0.2) is 60.7 Å². The van der Waals surface area contributed by atoms with Crippen LogP contribution < -0.4 is 10.1 Å². The molecule has 2 amide bonds. The number of carbonyl (C=O) groups is 2. The van der Waals surface area contributed by atoms with Gasteiger partial charge in [-0.3, -0.25) is 9.59 Å². The smallest absolute Gasteiger partial charge is 0.254 e. The van der Waals surface area contributed by atoms with Crippen LogP contribution in [0.3, 0.4) is 0 Å². The van der Waals surface area contributed by atoms with E-state index in [4.69, 9.17) is 16.3 Å².